The Morgan fingerprint density at radius 1 is 1.08 bits per heavy atom. The Morgan fingerprint density at radius 2 is 2.04 bits per heavy atom. The molecule has 0 aliphatic heterocycles. The minimum Gasteiger partial charge on any atom is -0.337 e. The van der Waals surface area contributed by atoms with Crippen molar-refractivity contribution in [2.24, 2.45) is 0 Å². The van der Waals surface area contributed by atoms with Crippen LogP contribution in [0.3, 0.4) is 0 Å². The molecule has 3 N–H and O–H groups in total. The first-order chi connectivity index (χ1) is 12.8. The fraction of sp³-hybridized carbons (Fsp3) is 0. The van der Waals surface area contributed by atoms with E-state index >= 15 is 0 Å². The van der Waals surface area contributed by atoms with E-state index in [2.05, 4.69) is 40.7 Å². The van der Waals surface area contributed by atoms with Crippen LogP contribution in [0.2, 0.25) is 0 Å². The highest BCUT2D eigenvalue weighted by Crippen LogP contribution is 2.32. The summed E-state index contributed by atoms with van der Waals surface area (Å²) in [6, 6.07) is 6.78. The SMILES string of the molecule is Fc1cc2[nH]ncc2cc1Nc1ncnc2n[nH]c(-c3cccnc3)c12. The summed E-state index contributed by atoms with van der Waals surface area (Å²) < 4.78 is 14.4. The standard InChI is InChI=1S/C17H11FN8/c18-11-5-12-10(7-22-24-12)4-13(11)23-16-14-15(9-2-1-3-19-6-9)25-26-17(14)21-8-20-16/h1-8H,(H,22,24)(H2,20,21,23,25,26). The number of nitrogens with one attached hydrogen (secondary N) is 3. The molecule has 8 nitrogen and oxygen atoms in total. The van der Waals surface area contributed by atoms with Gasteiger partial charge in [0.15, 0.2) is 5.65 Å². The van der Waals surface area contributed by atoms with Gasteiger partial charge in [0.25, 0.3) is 0 Å². The van der Waals surface area contributed by atoms with Crippen molar-refractivity contribution in [3.05, 3.63) is 55.0 Å². The average Bonchev–Trinajstić information content (AvgIpc) is 3.30. The summed E-state index contributed by atoms with van der Waals surface area (Å²) in [6.07, 6.45) is 6.41. The zero-order chi connectivity index (χ0) is 17.5. The van der Waals surface area contributed by atoms with Crippen molar-refractivity contribution < 1.29 is 4.39 Å². The van der Waals surface area contributed by atoms with E-state index in [1.54, 1.807) is 24.7 Å². The lowest BCUT2D eigenvalue weighted by Gasteiger charge is -2.09. The third-order valence-corrected chi connectivity index (χ3v) is 4.08. The van der Waals surface area contributed by atoms with E-state index in [-0.39, 0.29) is 5.69 Å². The Kier molecular flexibility index (Phi) is 3.11. The van der Waals surface area contributed by atoms with Gasteiger partial charge in [-0.2, -0.15) is 10.2 Å². The van der Waals surface area contributed by atoms with E-state index in [0.29, 0.717) is 28.1 Å². The molecule has 126 valence electrons. The maximum absolute atomic E-state index is 14.4. The number of rotatable bonds is 3. The monoisotopic (exact) mass is 346 g/mol. The number of halogens is 1. The number of aromatic nitrogens is 7. The molecule has 5 aromatic rings. The van der Waals surface area contributed by atoms with Crippen molar-refractivity contribution in [3.63, 3.8) is 0 Å². The summed E-state index contributed by atoms with van der Waals surface area (Å²) in [5, 5.41) is 18.3. The molecule has 5 rings (SSSR count). The van der Waals surface area contributed by atoms with Crippen molar-refractivity contribution >= 4 is 33.4 Å². The Labute approximate surface area is 145 Å². The summed E-state index contributed by atoms with van der Waals surface area (Å²) in [6.45, 7) is 0. The molecule has 0 aliphatic rings. The van der Waals surface area contributed by atoms with Gasteiger partial charge in [-0.1, -0.05) is 0 Å². The van der Waals surface area contributed by atoms with Gasteiger partial charge in [-0.05, 0) is 18.2 Å². The van der Waals surface area contributed by atoms with Gasteiger partial charge >= 0.3 is 0 Å². The van der Waals surface area contributed by atoms with Crippen LogP contribution in [0.15, 0.2) is 49.2 Å². The maximum Gasteiger partial charge on any atom is 0.186 e. The molecule has 0 saturated heterocycles. The van der Waals surface area contributed by atoms with E-state index in [1.807, 2.05) is 12.1 Å². The van der Waals surface area contributed by atoms with E-state index in [1.165, 1.54) is 12.4 Å². The molecule has 0 bridgehead atoms. The molecule has 26 heavy (non-hydrogen) atoms. The Morgan fingerprint density at radius 3 is 2.92 bits per heavy atom. The summed E-state index contributed by atoms with van der Waals surface area (Å²) >= 11 is 0. The number of benzene rings is 1. The lowest BCUT2D eigenvalue weighted by Crippen LogP contribution is -1.98. The van der Waals surface area contributed by atoms with Gasteiger partial charge in [-0.3, -0.25) is 15.2 Å². The van der Waals surface area contributed by atoms with Gasteiger partial charge in [0.2, 0.25) is 0 Å². The highest BCUT2D eigenvalue weighted by atomic mass is 19.1. The van der Waals surface area contributed by atoms with Crippen LogP contribution in [0.1, 0.15) is 0 Å². The first-order valence-corrected chi connectivity index (χ1v) is 7.79. The first-order valence-electron chi connectivity index (χ1n) is 7.79. The van der Waals surface area contributed by atoms with Crippen molar-refractivity contribution in [2.75, 3.05) is 5.32 Å². The number of nitrogens with zero attached hydrogens (tertiary/aromatic N) is 5. The maximum atomic E-state index is 14.4. The van der Waals surface area contributed by atoms with E-state index in [4.69, 9.17) is 0 Å². The topological polar surface area (TPSA) is 108 Å². The van der Waals surface area contributed by atoms with Gasteiger partial charge in [0.05, 0.1) is 28.5 Å². The minimum absolute atomic E-state index is 0.289. The molecule has 0 amide bonds. The van der Waals surface area contributed by atoms with Gasteiger partial charge < -0.3 is 5.32 Å². The van der Waals surface area contributed by atoms with Crippen LogP contribution in [-0.2, 0) is 0 Å². The number of H-pyrrole nitrogens is 2. The number of hydrogen-bond donors (Lipinski definition) is 3. The number of aromatic amines is 2. The van der Waals surface area contributed by atoms with Crippen LogP contribution < -0.4 is 5.32 Å². The molecule has 0 spiro atoms. The molecule has 0 fully saturated rings. The molecule has 1 aromatic carbocycles. The van der Waals surface area contributed by atoms with Crippen LogP contribution in [0.4, 0.5) is 15.9 Å². The second kappa shape index (κ2) is 5.59. The van der Waals surface area contributed by atoms with Crippen LogP contribution >= 0.6 is 0 Å². The van der Waals surface area contributed by atoms with Gasteiger partial charge in [-0.15, -0.1) is 0 Å². The molecule has 0 atom stereocenters. The van der Waals surface area contributed by atoms with Crippen LogP contribution in [-0.4, -0.2) is 35.3 Å². The molecule has 0 aliphatic carbocycles. The number of fused-ring (bicyclic) bond motifs is 2. The molecule has 9 heteroatoms. The quantitative estimate of drug-likeness (QED) is 0.463. The third-order valence-electron chi connectivity index (χ3n) is 4.08. The molecule has 0 saturated carbocycles. The van der Waals surface area contributed by atoms with Crippen molar-refractivity contribution in [1.82, 2.24) is 35.3 Å². The van der Waals surface area contributed by atoms with E-state index < -0.39 is 5.82 Å². The van der Waals surface area contributed by atoms with Crippen molar-refractivity contribution in [1.29, 1.82) is 0 Å². The van der Waals surface area contributed by atoms with Gasteiger partial charge in [-0.25, -0.2) is 14.4 Å². The minimum atomic E-state index is -0.417. The van der Waals surface area contributed by atoms with Gasteiger partial charge in [0.1, 0.15) is 18.0 Å². The summed E-state index contributed by atoms with van der Waals surface area (Å²) in [4.78, 5) is 12.6. The average molecular weight is 346 g/mol. The van der Waals surface area contributed by atoms with E-state index in [9.17, 15) is 4.39 Å². The fourth-order valence-corrected chi connectivity index (χ4v) is 2.86. The number of pyridine rings is 1. The Balaban J connectivity index is 1.66. The molecule has 0 unspecified atom stereocenters. The summed E-state index contributed by atoms with van der Waals surface area (Å²) in [5.41, 5.74) is 2.93. The molecule has 0 radical (unpaired) electrons. The van der Waals surface area contributed by atoms with E-state index in [0.717, 1.165) is 10.9 Å². The Bertz CT molecular complexity index is 1230. The lowest BCUT2D eigenvalue weighted by molar-refractivity contribution is 0.633. The van der Waals surface area contributed by atoms with Crippen LogP contribution in [0.5, 0.6) is 0 Å². The lowest BCUT2D eigenvalue weighted by atomic mass is 10.1. The highest BCUT2D eigenvalue weighted by Gasteiger charge is 2.16. The van der Waals surface area contributed by atoms with Crippen molar-refractivity contribution in [2.45, 2.75) is 0 Å². The predicted molar refractivity (Wildman–Crippen MR) is 94.2 cm³/mol. The Hall–Kier alpha value is -3.88. The summed E-state index contributed by atoms with van der Waals surface area (Å²) in [7, 11) is 0. The zero-order valence-electron chi connectivity index (χ0n) is 13.2. The summed E-state index contributed by atoms with van der Waals surface area (Å²) in [5.74, 6) is 0.0317. The second-order valence-electron chi connectivity index (χ2n) is 5.68. The largest absolute Gasteiger partial charge is 0.337 e. The smallest absolute Gasteiger partial charge is 0.186 e. The molecular formula is C17H11FN8. The van der Waals surface area contributed by atoms with Crippen LogP contribution in [0, 0.1) is 5.82 Å². The molecule has 4 heterocycles. The molecular weight excluding hydrogens is 335 g/mol. The van der Waals surface area contributed by atoms with Gasteiger partial charge in [0, 0.05) is 29.4 Å². The second-order valence-corrected chi connectivity index (χ2v) is 5.68. The highest BCUT2D eigenvalue weighted by molar-refractivity contribution is 6.00. The van der Waals surface area contributed by atoms with Crippen molar-refractivity contribution in [3.8, 4) is 11.3 Å². The normalized spacial score (nSPS) is 11.3. The first kappa shape index (κ1) is 14.5. The number of hydrogen-bond acceptors (Lipinski definition) is 6. The number of anilines is 2. The van der Waals surface area contributed by atoms with Crippen LogP contribution in [0.25, 0.3) is 33.2 Å². The predicted octanol–water partition coefficient (Wildman–Crippen LogP) is 3.17. The fourth-order valence-electron chi connectivity index (χ4n) is 2.86. The third kappa shape index (κ3) is 2.25. The molecule has 4 aromatic heterocycles. The zero-order valence-corrected chi connectivity index (χ0v) is 13.2.